The Hall–Kier alpha value is -3.39. The van der Waals surface area contributed by atoms with Gasteiger partial charge in [0, 0.05) is 0 Å². The zero-order valence-corrected chi connectivity index (χ0v) is 15.9. The van der Waals surface area contributed by atoms with E-state index in [1.54, 1.807) is 23.9 Å². The molecule has 1 heterocycles. The lowest BCUT2D eigenvalue weighted by Crippen LogP contribution is -2.15. The molecule has 8 heteroatoms. The zero-order chi connectivity index (χ0) is 19.3. The third kappa shape index (κ3) is 3.81. The van der Waals surface area contributed by atoms with E-state index < -0.39 is 0 Å². The van der Waals surface area contributed by atoms with E-state index in [-0.39, 0.29) is 11.7 Å². The zero-order valence-electron chi connectivity index (χ0n) is 15.1. The Labute approximate surface area is 165 Å². The summed E-state index contributed by atoms with van der Waals surface area (Å²) >= 11 is 1.27. The minimum Gasteiger partial charge on any atom is -0.495 e. The van der Waals surface area contributed by atoms with Gasteiger partial charge in [0.1, 0.15) is 5.75 Å². The van der Waals surface area contributed by atoms with Gasteiger partial charge in [0.25, 0.3) is 0 Å². The number of benzene rings is 3. The van der Waals surface area contributed by atoms with Crippen LogP contribution in [0.3, 0.4) is 0 Å². The van der Waals surface area contributed by atoms with E-state index in [1.165, 1.54) is 11.8 Å². The van der Waals surface area contributed by atoms with Crippen molar-refractivity contribution in [3.05, 3.63) is 66.7 Å². The van der Waals surface area contributed by atoms with Crippen LogP contribution in [0.2, 0.25) is 0 Å². The van der Waals surface area contributed by atoms with Crippen molar-refractivity contribution in [2.24, 2.45) is 0 Å². The second-order valence-corrected chi connectivity index (χ2v) is 6.88. The van der Waals surface area contributed by atoms with Crippen LogP contribution in [0, 0.1) is 0 Å². The molecule has 28 heavy (non-hydrogen) atoms. The molecule has 0 aliphatic carbocycles. The number of rotatable bonds is 6. The summed E-state index contributed by atoms with van der Waals surface area (Å²) in [7, 11) is 1.57. The topological polar surface area (TPSA) is 81.9 Å². The van der Waals surface area contributed by atoms with Gasteiger partial charge < -0.3 is 10.1 Å². The summed E-state index contributed by atoms with van der Waals surface area (Å²) in [4.78, 5) is 12.3. The molecule has 1 aromatic heterocycles. The molecule has 0 fully saturated rings. The number of thioether (sulfide) groups is 1. The highest BCUT2D eigenvalue weighted by molar-refractivity contribution is 7.99. The summed E-state index contributed by atoms with van der Waals surface area (Å²) in [5, 5.41) is 17.5. The van der Waals surface area contributed by atoms with Crippen LogP contribution in [0.1, 0.15) is 0 Å². The fraction of sp³-hybridized carbons (Fsp3) is 0.100. The predicted octanol–water partition coefficient (Wildman–Crippen LogP) is 3.55. The summed E-state index contributed by atoms with van der Waals surface area (Å²) in [5.74, 6) is 0.621. The Bertz CT molecular complexity index is 1130. The monoisotopic (exact) mass is 391 g/mol. The number of tetrazole rings is 1. The minimum absolute atomic E-state index is 0.164. The van der Waals surface area contributed by atoms with E-state index in [0.29, 0.717) is 16.6 Å². The van der Waals surface area contributed by atoms with Crippen molar-refractivity contribution in [2.75, 3.05) is 18.2 Å². The number of hydrogen-bond acceptors (Lipinski definition) is 6. The highest BCUT2D eigenvalue weighted by Crippen LogP contribution is 2.25. The minimum atomic E-state index is -0.164. The molecule has 4 rings (SSSR count). The number of methoxy groups -OCH3 is 1. The molecule has 3 aromatic carbocycles. The number of anilines is 1. The maximum atomic E-state index is 12.3. The van der Waals surface area contributed by atoms with Crippen LogP contribution in [0.4, 0.5) is 5.69 Å². The first-order valence-corrected chi connectivity index (χ1v) is 9.56. The molecule has 1 N–H and O–H groups in total. The van der Waals surface area contributed by atoms with Crippen molar-refractivity contribution < 1.29 is 9.53 Å². The molecule has 1 amide bonds. The number of amides is 1. The van der Waals surface area contributed by atoms with Gasteiger partial charge in [-0.25, -0.2) is 0 Å². The van der Waals surface area contributed by atoms with Gasteiger partial charge in [-0.2, -0.15) is 4.68 Å². The number of nitrogens with one attached hydrogen (secondary N) is 1. The SMILES string of the molecule is COc1ccccc1NC(=O)CSc1nnnn1-c1ccc2ccccc2c1. The predicted molar refractivity (Wildman–Crippen MR) is 109 cm³/mol. The number of para-hydroxylation sites is 2. The molecule has 0 unspecified atom stereocenters. The van der Waals surface area contributed by atoms with Crippen LogP contribution in [0.15, 0.2) is 71.9 Å². The molecule has 7 nitrogen and oxygen atoms in total. The van der Waals surface area contributed by atoms with Crippen LogP contribution in [-0.4, -0.2) is 39.0 Å². The maximum absolute atomic E-state index is 12.3. The second kappa shape index (κ2) is 8.10. The lowest BCUT2D eigenvalue weighted by Gasteiger charge is -2.09. The largest absolute Gasteiger partial charge is 0.495 e. The molecule has 0 spiro atoms. The fourth-order valence-electron chi connectivity index (χ4n) is 2.80. The quantitative estimate of drug-likeness (QED) is 0.506. The molecule has 0 bridgehead atoms. The van der Waals surface area contributed by atoms with Crippen LogP contribution in [-0.2, 0) is 4.79 Å². The number of carbonyl (C=O) groups is 1. The van der Waals surface area contributed by atoms with Crippen molar-refractivity contribution in [1.29, 1.82) is 0 Å². The van der Waals surface area contributed by atoms with E-state index in [9.17, 15) is 4.79 Å². The van der Waals surface area contributed by atoms with Gasteiger partial charge in [-0.15, -0.1) is 5.10 Å². The number of fused-ring (bicyclic) bond motifs is 1. The Morgan fingerprint density at radius 2 is 1.86 bits per heavy atom. The van der Waals surface area contributed by atoms with E-state index >= 15 is 0 Å². The molecule has 0 saturated heterocycles. The van der Waals surface area contributed by atoms with Gasteiger partial charge in [-0.05, 0) is 45.5 Å². The normalized spacial score (nSPS) is 10.8. The van der Waals surface area contributed by atoms with Gasteiger partial charge in [0.2, 0.25) is 11.1 Å². The van der Waals surface area contributed by atoms with Crippen molar-refractivity contribution in [2.45, 2.75) is 5.16 Å². The fourth-order valence-corrected chi connectivity index (χ4v) is 3.49. The van der Waals surface area contributed by atoms with Crippen LogP contribution < -0.4 is 10.1 Å². The molecule has 0 atom stereocenters. The summed E-state index contributed by atoms with van der Waals surface area (Å²) < 4.78 is 6.88. The van der Waals surface area contributed by atoms with Crippen LogP contribution in [0.25, 0.3) is 16.5 Å². The van der Waals surface area contributed by atoms with Crippen molar-refractivity contribution in [3.8, 4) is 11.4 Å². The third-order valence-corrected chi connectivity index (χ3v) is 5.05. The molecule has 140 valence electrons. The number of hydrogen-bond donors (Lipinski definition) is 1. The highest BCUT2D eigenvalue weighted by Gasteiger charge is 2.13. The van der Waals surface area contributed by atoms with Gasteiger partial charge in [0.15, 0.2) is 0 Å². The molecular formula is C20H17N5O2S. The molecule has 0 radical (unpaired) electrons. The smallest absolute Gasteiger partial charge is 0.234 e. The lowest BCUT2D eigenvalue weighted by molar-refractivity contribution is -0.113. The van der Waals surface area contributed by atoms with E-state index in [0.717, 1.165) is 16.5 Å². The summed E-state index contributed by atoms with van der Waals surface area (Å²) in [5.41, 5.74) is 1.47. The van der Waals surface area contributed by atoms with Gasteiger partial charge in [-0.3, -0.25) is 4.79 Å². The Balaban J connectivity index is 1.47. The summed E-state index contributed by atoms with van der Waals surface area (Å²) in [6, 6.07) is 21.4. The van der Waals surface area contributed by atoms with E-state index in [1.807, 2.05) is 48.5 Å². The Kier molecular flexibility index (Phi) is 5.20. The first-order chi connectivity index (χ1) is 13.7. The van der Waals surface area contributed by atoms with Crippen molar-refractivity contribution in [1.82, 2.24) is 20.2 Å². The number of ether oxygens (including phenoxy) is 1. The van der Waals surface area contributed by atoms with Gasteiger partial charge in [0.05, 0.1) is 24.2 Å². The first kappa shape index (κ1) is 18.0. The number of carbonyl (C=O) groups excluding carboxylic acids is 1. The highest BCUT2D eigenvalue weighted by atomic mass is 32.2. The van der Waals surface area contributed by atoms with Gasteiger partial charge in [-0.1, -0.05) is 54.2 Å². The Morgan fingerprint density at radius 1 is 1.07 bits per heavy atom. The van der Waals surface area contributed by atoms with Gasteiger partial charge >= 0.3 is 0 Å². The maximum Gasteiger partial charge on any atom is 0.234 e. The molecule has 0 saturated carbocycles. The van der Waals surface area contributed by atoms with E-state index in [4.69, 9.17) is 4.74 Å². The van der Waals surface area contributed by atoms with Crippen molar-refractivity contribution in [3.63, 3.8) is 0 Å². The Morgan fingerprint density at radius 3 is 2.71 bits per heavy atom. The lowest BCUT2D eigenvalue weighted by atomic mass is 10.1. The average molecular weight is 391 g/mol. The standard InChI is InChI=1S/C20H17N5O2S/c1-27-18-9-5-4-8-17(18)21-19(26)13-28-20-22-23-24-25(20)16-11-10-14-6-2-3-7-15(14)12-16/h2-12H,13H2,1H3,(H,21,26). The average Bonchev–Trinajstić information content (AvgIpc) is 3.21. The molecule has 0 aliphatic rings. The van der Waals surface area contributed by atoms with Crippen molar-refractivity contribution >= 4 is 34.1 Å². The second-order valence-electron chi connectivity index (χ2n) is 5.94. The molecule has 4 aromatic rings. The van der Waals surface area contributed by atoms with Crippen LogP contribution in [0.5, 0.6) is 5.75 Å². The summed E-state index contributed by atoms with van der Waals surface area (Å²) in [6.07, 6.45) is 0. The first-order valence-electron chi connectivity index (χ1n) is 8.58. The number of nitrogens with zero attached hydrogens (tertiary/aromatic N) is 4. The molecular weight excluding hydrogens is 374 g/mol. The summed E-state index contributed by atoms with van der Waals surface area (Å²) in [6.45, 7) is 0. The van der Waals surface area contributed by atoms with E-state index in [2.05, 4.69) is 26.9 Å². The van der Waals surface area contributed by atoms with Crippen LogP contribution >= 0.6 is 11.8 Å². The number of aromatic nitrogens is 4. The third-order valence-electron chi connectivity index (χ3n) is 4.13. The molecule has 0 aliphatic heterocycles.